The van der Waals surface area contributed by atoms with Crippen LogP contribution < -0.4 is 16.0 Å². The molecule has 0 aliphatic carbocycles. The van der Waals surface area contributed by atoms with Crippen molar-refractivity contribution < 1.29 is 18.3 Å². The van der Waals surface area contributed by atoms with E-state index < -0.39 is 16.0 Å². The van der Waals surface area contributed by atoms with Crippen LogP contribution in [0.15, 0.2) is 46.1 Å². The van der Waals surface area contributed by atoms with Gasteiger partial charge in [0.05, 0.1) is 4.90 Å². The Hall–Kier alpha value is -2.49. The van der Waals surface area contributed by atoms with Gasteiger partial charge in [-0.25, -0.2) is 13.6 Å². The number of primary sulfonamides is 1. The second kappa shape index (κ2) is 7.86. The Balaban J connectivity index is 0.000000516. The molecular formula is C19H23N3O5S. The number of aromatic nitrogens is 1. The van der Waals surface area contributed by atoms with Gasteiger partial charge in [0.15, 0.2) is 0 Å². The van der Waals surface area contributed by atoms with Crippen molar-refractivity contribution in [3.8, 4) is 11.1 Å². The van der Waals surface area contributed by atoms with Crippen LogP contribution in [0.5, 0.6) is 0 Å². The van der Waals surface area contributed by atoms with E-state index in [1.807, 2.05) is 10.6 Å². The summed E-state index contributed by atoms with van der Waals surface area (Å²) in [5.41, 5.74) is 2.43. The molecule has 3 heterocycles. The molecule has 0 unspecified atom stereocenters. The zero-order valence-electron chi connectivity index (χ0n) is 15.5. The number of rotatable bonds is 2. The first-order valence-corrected chi connectivity index (χ1v) is 10.5. The molecule has 2 aromatic rings. The van der Waals surface area contributed by atoms with Crippen molar-refractivity contribution >= 4 is 16.0 Å². The van der Waals surface area contributed by atoms with Crippen LogP contribution in [0.2, 0.25) is 0 Å². The van der Waals surface area contributed by atoms with E-state index >= 15 is 0 Å². The van der Waals surface area contributed by atoms with Crippen molar-refractivity contribution in [3.05, 3.63) is 52.4 Å². The fourth-order valence-corrected chi connectivity index (χ4v) is 4.38. The molecule has 2 atom stereocenters. The van der Waals surface area contributed by atoms with Crippen LogP contribution in [0.25, 0.3) is 11.1 Å². The van der Waals surface area contributed by atoms with Gasteiger partial charge in [0, 0.05) is 37.7 Å². The Labute approximate surface area is 163 Å². The smallest absolute Gasteiger partial charge is 0.300 e. The highest BCUT2D eigenvalue weighted by Gasteiger charge is 2.31. The van der Waals surface area contributed by atoms with Crippen molar-refractivity contribution in [2.75, 3.05) is 13.1 Å². The second-order valence-electron chi connectivity index (χ2n) is 7.17. The van der Waals surface area contributed by atoms with Gasteiger partial charge in [0.25, 0.3) is 11.5 Å². The molecule has 2 aliphatic heterocycles. The number of pyridine rings is 1. The molecule has 9 heteroatoms. The van der Waals surface area contributed by atoms with Crippen LogP contribution >= 0.6 is 0 Å². The first-order chi connectivity index (χ1) is 13.1. The average molecular weight is 405 g/mol. The molecule has 0 spiro atoms. The summed E-state index contributed by atoms with van der Waals surface area (Å²) in [6, 6.07) is 10.0. The third-order valence-electron chi connectivity index (χ3n) is 4.96. The lowest BCUT2D eigenvalue weighted by Crippen LogP contribution is -2.44. The summed E-state index contributed by atoms with van der Waals surface area (Å²) in [6.45, 7) is 3.66. The summed E-state index contributed by atoms with van der Waals surface area (Å²) in [7, 11) is -3.77. The predicted octanol–water partition coefficient (Wildman–Crippen LogP) is 0.960. The summed E-state index contributed by atoms with van der Waals surface area (Å²) < 4.78 is 25.0. The van der Waals surface area contributed by atoms with Crippen LogP contribution in [0, 0.1) is 5.92 Å². The third-order valence-corrected chi connectivity index (χ3v) is 5.87. The zero-order valence-corrected chi connectivity index (χ0v) is 16.3. The van der Waals surface area contributed by atoms with E-state index in [2.05, 4.69) is 5.32 Å². The van der Waals surface area contributed by atoms with Crippen LogP contribution in [0.1, 0.15) is 25.0 Å². The molecule has 8 nitrogen and oxygen atoms in total. The van der Waals surface area contributed by atoms with E-state index in [1.54, 1.807) is 18.2 Å². The van der Waals surface area contributed by atoms with Gasteiger partial charge in [0.1, 0.15) is 0 Å². The highest BCUT2D eigenvalue weighted by atomic mass is 32.2. The number of nitrogens with one attached hydrogen (secondary N) is 1. The van der Waals surface area contributed by atoms with Gasteiger partial charge < -0.3 is 15.0 Å². The van der Waals surface area contributed by atoms with Gasteiger partial charge in [-0.15, -0.1) is 0 Å². The highest BCUT2D eigenvalue weighted by molar-refractivity contribution is 7.89. The van der Waals surface area contributed by atoms with Gasteiger partial charge in [-0.2, -0.15) is 0 Å². The highest BCUT2D eigenvalue weighted by Crippen LogP contribution is 2.33. The maximum absolute atomic E-state index is 12.6. The third kappa shape index (κ3) is 4.49. The number of aliphatic carboxylic acids is 1. The lowest BCUT2D eigenvalue weighted by molar-refractivity contribution is -0.134. The van der Waals surface area contributed by atoms with Gasteiger partial charge >= 0.3 is 0 Å². The number of sulfonamides is 1. The molecule has 4 N–H and O–H groups in total. The van der Waals surface area contributed by atoms with Gasteiger partial charge in [0.2, 0.25) is 10.0 Å². The maximum Gasteiger partial charge on any atom is 0.300 e. The Morgan fingerprint density at radius 1 is 1.21 bits per heavy atom. The van der Waals surface area contributed by atoms with E-state index in [9.17, 15) is 13.2 Å². The van der Waals surface area contributed by atoms with Gasteiger partial charge in [-0.05, 0) is 48.2 Å². The Morgan fingerprint density at radius 2 is 1.93 bits per heavy atom. The number of carboxylic acid groups (broad SMARTS) is 1. The molecule has 0 radical (unpaired) electrons. The number of piperidine rings is 1. The van der Waals surface area contributed by atoms with Crippen LogP contribution in [0.3, 0.4) is 0 Å². The minimum atomic E-state index is -3.77. The topological polar surface area (TPSA) is 131 Å². The number of fused-ring (bicyclic) bond motifs is 4. The number of hydrogen-bond donors (Lipinski definition) is 3. The largest absolute Gasteiger partial charge is 0.481 e. The molecule has 150 valence electrons. The summed E-state index contributed by atoms with van der Waals surface area (Å²) >= 11 is 0. The molecule has 1 aromatic heterocycles. The van der Waals surface area contributed by atoms with Gasteiger partial charge in [-0.1, -0.05) is 12.1 Å². The Kier molecular flexibility index (Phi) is 5.69. The van der Waals surface area contributed by atoms with E-state index in [4.69, 9.17) is 15.0 Å². The summed E-state index contributed by atoms with van der Waals surface area (Å²) in [6.07, 6.45) is 1.09. The number of carboxylic acids is 1. The van der Waals surface area contributed by atoms with Crippen LogP contribution in [0.4, 0.5) is 0 Å². The molecular weight excluding hydrogens is 382 g/mol. The summed E-state index contributed by atoms with van der Waals surface area (Å²) in [4.78, 5) is 21.6. The quantitative estimate of drug-likeness (QED) is 0.682. The molecule has 2 aliphatic rings. The molecule has 4 rings (SSSR count). The first kappa shape index (κ1) is 20.2. The van der Waals surface area contributed by atoms with Crippen LogP contribution in [-0.2, 0) is 21.4 Å². The lowest BCUT2D eigenvalue weighted by Gasteiger charge is -2.37. The van der Waals surface area contributed by atoms with Crippen molar-refractivity contribution in [2.24, 2.45) is 11.1 Å². The molecule has 1 saturated heterocycles. The minimum absolute atomic E-state index is 0.0277. The number of nitrogens with two attached hydrogens (primary N) is 1. The summed E-state index contributed by atoms with van der Waals surface area (Å²) in [5, 5.41) is 16.0. The number of benzene rings is 1. The molecule has 2 bridgehead atoms. The van der Waals surface area contributed by atoms with E-state index in [0.717, 1.165) is 44.2 Å². The number of nitrogens with zero attached hydrogens (tertiary/aromatic N) is 1. The predicted molar refractivity (Wildman–Crippen MR) is 105 cm³/mol. The Morgan fingerprint density at radius 3 is 2.61 bits per heavy atom. The SMILES string of the molecule is CC(=O)O.NS(=O)(=O)c1cccc(-c2cc3n(c(=O)c2)C[C@@H]2CNC[C@H]3C2)c1. The average Bonchev–Trinajstić information content (AvgIpc) is 2.62. The van der Waals surface area contributed by atoms with Crippen molar-refractivity contribution in [1.29, 1.82) is 0 Å². The van der Waals surface area contributed by atoms with E-state index in [-0.39, 0.29) is 10.5 Å². The molecule has 0 saturated carbocycles. The lowest BCUT2D eigenvalue weighted by atomic mass is 9.83. The van der Waals surface area contributed by atoms with Crippen molar-refractivity contribution in [3.63, 3.8) is 0 Å². The van der Waals surface area contributed by atoms with Gasteiger partial charge in [-0.3, -0.25) is 9.59 Å². The molecule has 0 amide bonds. The standard InChI is InChI=1S/C17H19N3O3S.C2H4O2/c18-24(22,23)15-3-1-2-12(5-15)13-6-16-14-4-11(8-19-9-14)10-20(16)17(21)7-13;1-2(3)4/h1-3,5-7,11,14,19H,4,8-10H2,(H2,18,22,23);1H3,(H,3,4)/t11-,14+;/m0./s1. The monoisotopic (exact) mass is 405 g/mol. The molecule has 1 fully saturated rings. The van der Waals surface area contributed by atoms with Crippen molar-refractivity contribution in [2.45, 2.75) is 30.7 Å². The fraction of sp³-hybridized carbons (Fsp3) is 0.368. The minimum Gasteiger partial charge on any atom is -0.481 e. The molecule has 1 aromatic carbocycles. The summed E-state index contributed by atoms with van der Waals surface area (Å²) in [5.74, 6) is -0.00270. The zero-order chi connectivity index (χ0) is 20.5. The number of carbonyl (C=O) groups is 1. The number of hydrogen-bond acceptors (Lipinski definition) is 5. The molecule has 28 heavy (non-hydrogen) atoms. The second-order valence-corrected chi connectivity index (χ2v) is 8.73. The van der Waals surface area contributed by atoms with Crippen LogP contribution in [-0.4, -0.2) is 37.2 Å². The first-order valence-electron chi connectivity index (χ1n) is 8.93. The normalized spacial score (nSPS) is 20.5. The van der Waals surface area contributed by atoms with E-state index in [1.165, 1.54) is 12.1 Å². The van der Waals surface area contributed by atoms with E-state index in [0.29, 0.717) is 17.4 Å². The van der Waals surface area contributed by atoms with Crippen molar-refractivity contribution in [1.82, 2.24) is 9.88 Å². The maximum atomic E-state index is 12.6. The Bertz CT molecular complexity index is 1060. The fourth-order valence-electron chi connectivity index (χ4n) is 3.82.